The molecule has 132 valence electrons. The van der Waals surface area contributed by atoms with Crippen LogP contribution in [0.1, 0.15) is 16.7 Å². The quantitative estimate of drug-likeness (QED) is 0.776. The molecule has 2 rings (SSSR count). The zero-order valence-corrected chi connectivity index (χ0v) is 13.8. The van der Waals surface area contributed by atoms with E-state index in [9.17, 15) is 18.0 Å². The average molecular weight is 370 g/mol. The molecule has 0 saturated carbocycles. The maximum atomic E-state index is 12.6. The van der Waals surface area contributed by atoms with Crippen molar-refractivity contribution in [1.82, 2.24) is 5.32 Å². The van der Waals surface area contributed by atoms with Crippen LogP contribution in [0.5, 0.6) is 0 Å². The number of rotatable bonds is 5. The Kier molecular flexibility index (Phi) is 6.47. The van der Waals surface area contributed by atoms with E-state index in [1.165, 1.54) is 12.1 Å². The van der Waals surface area contributed by atoms with Crippen molar-refractivity contribution in [2.45, 2.75) is 12.8 Å². The number of halogens is 4. The van der Waals surface area contributed by atoms with Crippen LogP contribution in [0, 0.1) is 0 Å². The van der Waals surface area contributed by atoms with Gasteiger partial charge in [-0.15, -0.1) is 0 Å². The van der Waals surface area contributed by atoms with Gasteiger partial charge in [-0.1, -0.05) is 60.2 Å². The van der Waals surface area contributed by atoms with Crippen molar-refractivity contribution in [3.63, 3.8) is 0 Å². The van der Waals surface area contributed by atoms with Crippen molar-refractivity contribution >= 4 is 23.8 Å². The molecule has 0 unspecified atom stereocenters. The lowest BCUT2D eigenvalue weighted by Gasteiger charge is -2.08. The second-order valence-corrected chi connectivity index (χ2v) is 5.49. The fourth-order valence-corrected chi connectivity index (χ4v) is 2.18. The van der Waals surface area contributed by atoms with Crippen LogP contribution in [-0.4, -0.2) is 12.6 Å². The molecule has 3 nitrogen and oxygen atoms in total. The standard InChI is InChI=1S/C18H15ClF3NO2/c19-16-11-15(18(20,21)22)9-8-14(16)7-4-10-23-17(24)25-12-13-5-2-1-3-6-13/h1-9,11H,10,12H2,(H,23,24). The Morgan fingerprint density at radius 1 is 1.16 bits per heavy atom. The number of amides is 1. The highest BCUT2D eigenvalue weighted by molar-refractivity contribution is 6.32. The molecule has 0 aliphatic carbocycles. The van der Waals surface area contributed by atoms with Gasteiger partial charge in [0.05, 0.1) is 5.56 Å². The predicted molar refractivity (Wildman–Crippen MR) is 90.1 cm³/mol. The summed E-state index contributed by atoms with van der Waals surface area (Å²) < 4.78 is 42.7. The number of benzene rings is 2. The van der Waals surface area contributed by atoms with Crippen molar-refractivity contribution in [2.75, 3.05) is 6.54 Å². The monoisotopic (exact) mass is 369 g/mol. The number of hydrogen-bond acceptors (Lipinski definition) is 2. The number of alkyl carbamates (subject to hydrolysis) is 1. The Morgan fingerprint density at radius 2 is 1.88 bits per heavy atom. The van der Waals surface area contributed by atoms with Crippen LogP contribution < -0.4 is 5.32 Å². The van der Waals surface area contributed by atoms with Crippen LogP contribution in [0.15, 0.2) is 54.6 Å². The minimum absolute atomic E-state index is 0.0160. The third kappa shape index (κ3) is 6.15. The zero-order chi connectivity index (χ0) is 18.3. The molecule has 0 spiro atoms. The summed E-state index contributed by atoms with van der Waals surface area (Å²) in [6, 6.07) is 12.3. The first-order valence-electron chi connectivity index (χ1n) is 7.34. The first kappa shape index (κ1) is 18.9. The maximum absolute atomic E-state index is 12.6. The summed E-state index contributed by atoms with van der Waals surface area (Å²) in [7, 11) is 0. The Hall–Kier alpha value is -2.47. The molecule has 2 aromatic rings. The SMILES string of the molecule is O=C(NCC=Cc1ccc(C(F)(F)F)cc1Cl)OCc1ccccc1. The molecule has 0 bridgehead atoms. The maximum Gasteiger partial charge on any atom is 0.416 e. The van der Waals surface area contributed by atoms with Crippen molar-refractivity contribution < 1.29 is 22.7 Å². The van der Waals surface area contributed by atoms with Gasteiger partial charge in [0.1, 0.15) is 6.61 Å². The van der Waals surface area contributed by atoms with Crippen molar-refractivity contribution in [3.05, 3.63) is 76.3 Å². The summed E-state index contributed by atoms with van der Waals surface area (Å²) in [6.45, 7) is 0.312. The van der Waals surface area contributed by atoms with Gasteiger partial charge in [0.2, 0.25) is 0 Å². The van der Waals surface area contributed by atoms with E-state index < -0.39 is 17.8 Å². The molecular weight excluding hydrogens is 355 g/mol. The summed E-state index contributed by atoms with van der Waals surface area (Å²) in [4.78, 5) is 11.5. The summed E-state index contributed by atoms with van der Waals surface area (Å²) >= 11 is 5.83. The molecule has 0 radical (unpaired) electrons. The van der Waals surface area contributed by atoms with Crippen LogP contribution in [0.4, 0.5) is 18.0 Å². The molecule has 0 aliphatic rings. The number of ether oxygens (including phenoxy) is 1. The summed E-state index contributed by atoms with van der Waals surface area (Å²) in [5.74, 6) is 0. The van der Waals surface area contributed by atoms with Gasteiger partial charge in [0.25, 0.3) is 0 Å². The number of hydrogen-bond donors (Lipinski definition) is 1. The molecule has 0 heterocycles. The summed E-state index contributed by atoms with van der Waals surface area (Å²) in [5.41, 5.74) is 0.483. The highest BCUT2D eigenvalue weighted by Gasteiger charge is 2.30. The molecule has 7 heteroatoms. The van der Waals surface area contributed by atoms with E-state index in [2.05, 4.69) is 5.32 Å². The molecular formula is C18H15ClF3NO2. The van der Waals surface area contributed by atoms with Crippen molar-refractivity contribution in [1.29, 1.82) is 0 Å². The van der Waals surface area contributed by atoms with Crippen molar-refractivity contribution in [2.24, 2.45) is 0 Å². The van der Waals surface area contributed by atoms with E-state index in [4.69, 9.17) is 16.3 Å². The van der Waals surface area contributed by atoms with Crippen molar-refractivity contribution in [3.8, 4) is 0 Å². The van der Waals surface area contributed by atoms with E-state index in [-0.39, 0.29) is 18.2 Å². The molecule has 0 atom stereocenters. The van der Waals surface area contributed by atoms with E-state index in [1.807, 2.05) is 30.3 Å². The van der Waals surface area contributed by atoms with E-state index in [0.717, 1.165) is 17.7 Å². The van der Waals surface area contributed by atoms with Crippen LogP contribution in [0.3, 0.4) is 0 Å². The van der Waals surface area contributed by atoms with Crippen LogP contribution in [0.2, 0.25) is 5.02 Å². The molecule has 0 fully saturated rings. The summed E-state index contributed by atoms with van der Waals surface area (Å²) in [6.07, 6.45) is -1.93. The van der Waals surface area contributed by atoms with Gasteiger partial charge in [-0.05, 0) is 23.3 Å². The Morgan fingerprint density at radius 3 is 2.52 bits per heavy atom. The molecule has 0 aromatic heterocycles. The Bertz CT molecular complexity index is 746. The van der Waals surface area contributed by atoms with E-state index >= 15 is 0 Å². The molecule has 1 amide bonds. The predicted octanol–water partition coefficient (Wildman–Crippen LogP) is 5.30. The fraction of sp³-hybridized carbons (Fsp3) is 0.167. The number of carbonyl (C=O) groups is 1. The Balaban J connectivity index is 1.80. The van der Waals surface area contributed by atoms with Gasteiger partial charge < -0.3 is 10.1 Å². The largest absolute Gasteiger partial charge is 0.445 e. The second kappa shape index (κ2) is 8.58. The van der Waals surface area contributed by atoms with Gasteiger partial charge in [-0.25, -0.2) is 4.79 Å². The lowest BCUT2D eigenvalue weighted by atomic mass is 10.1. The van der Waals surface area contributed by atoms with Crippen LogP contribution in [0.25, 0.3) is 6.08 Å². The van der Waals surface area contributed by atoms with E-state index in [1.54, 1.807) is 6.08 Å². The Labute approximate surface area is 148 Å². The van der Waals surface area contributed by atoms with Gasteiger partial charge in [0, 0.05) is 11.6 Å². The average Bonchev–Trinajstić information content (AvgIpc) is 2.58. The normalized spacial score (nSPS) is 11.5. The highest BCUT2D eigenvalue weighted by atomic mass is 35.5. The molecule has 2 aromatic carbocycles. The first-order chi connectivity index (χ1) is 11.9. The van der Waals surface area contributed by atoms with Gasteiger partial charge in [0.15, 0.2) is 0 Å². The number of nitrogens with one attached hydrogen (secondary N) is 1. The van der Waals surface area contributed by atoms with Gasteiger partial charge >= 0.3 is 12.3 Å². The summed E-state index contributed by atoms with van der Waals surface area (Å²) in [5, 5.41) is 2.49. The topological polar surface area (TPSA) is 38.3 Å². The van der Waals surface area contributed by atoms with Gasteiger partial charge in [-0.3, -0.25) is 0 Å². The molecule has 0 aliphatic heterocycles. The molecule has 1 N–H and O–H groups in total. The first-order valence-corrected chi connectivity index (χ1v) is 7.72. The number of alkyl halides is 3. The minimum Gasteiger partial charge on any atom is -0.445 e. The lowest BCUT2D eigenvalue weighted by Crippen LogP contribution is -2.24. The third-order valence-corrected chi connectivity index (χ3v) is 3.53. The van der Waals surface area contributed by atoms with E-state index in [0.29, 0.717) is 5.56 Å². The second-order valence-electron chi connectivity index (χ2n) is 5.08. The highest BCUT2D eigenvalue weighted by Crippen LogP contribution is 2.32. The van der Waals surface area contributed by atoms with Gasteiger partial charge in [-0.2, -0.15) is 13.2 Å². The molecule has 0 saturated heterocycles. The fourth-order valence-electron chi connectivity index (χ4n) is 1.94. The third-order valence-electron chi connectivity index (χ3n) is 3.20. The smallest absolute Gasteiger partial charge is 0.416 e. The van der Waals surface area contributed by atoms with Crippen LogP contribution in [-0.2, 0) is 17.5 Å². The lowest BCUT2D eigenvalue weighted by molar-refractivity contribution is -0.137. The zero-order valence-electron chi connectivity index (χ0n) is 13.0. The number of carbonyl (C=O) groups excluding carboxylic acids is 1. The minimum atomic E-state index is -4.43. The molecule has 25 heavy (non-hydrogen) atoms. The van der Waals surface area contributed by atoms with Crippen LogP contribution >= 0.6 is 11.6 Å².